The normalized spacial score (nSPS) is 20.7. The molecule has 0 spiro atoms. The molecule has 0 radical (unpaired) electrons. The SMILES string of the molecule is O=C(O)Cc1noc(CC2CCCN2)n1. The molecule has 82 valence electrons. The van der Waals surface area contributed by atoms with E-state index in [1.165, 1.54) is 6.42 Å². The quantitative estimate of drug-likeness (QED) is 0.728. The van der Waals surface area contributed by atoms with Gasteiger partial charge in [0.15, 0.2) is 5.82 Å². The second kappa shape index (κ2) is 4.39. The Kier molecular flexibility index (Phi) is 2.96. The van der Waals surface area contributed by atoms with Crippen molar-refractivity contribution >= 4 is 5.97 Å². The van der Waals surface area contributed by atoms with Gasteiger partial charge in [0.05, 0.1) is 0 Å². The highest BCUT2D eigenvalue weighted by Crippen LogP contribution is 2.10. The van der Waals surface area contributed by atoms with Gasteiger partial charge in [0.25, 0.3) is 0 Å². The summed E-state index contributed by atoms with van der Waals surface area (Å²) in [5.41, 5.74) is 0. The molecule has 1 unspecified atom stereocenters. The average Bonchev–Trinajstić information content (AvgIpc) is 2.77. The Hall–Kier alpha value is -1.43. The van der Waals surface area contributed by atoms with Crippen LogP contribution < -0.4 is 5.32 Å². The molecule has 15 heavy (non-hydrogen) atoms. The molecule has 1 aromatic heterocycles. The van der Waals surface area contributed by atoms with Crippen LogP contribution in [-0.2, 0) is 17.6 Å². The summed E-state index contributed by atoms with van der Waals surface area (Å²) in [5.74, 6) is -0.178. The van der Waals surface area contributed by atoms with Gasteiger partial charge in [0.1, 0.15) is 6.42 Å². The number of nitrogens with one attached hydrogen (secondary N) is 1. The fourth-order valence-electron chi connectivity index (χ4n) is 1.72. The maximum absolute atomic E-state index is 10.4. The predicted octanol–water partition coefficient (Wildman–Crippen LogP) is -0.00880. The van der Waals surface area contributed by atoms with Gasteiger partial charge in [0, 0.05) is 12.5 Å². The first-order valence-electron chi connectivity index (χ1n) is 5.00. The minimum Gasteiger partial charge on any atom is -0.481 e. The van der Waals surface area contributed by atoms with Crippen molar-refractivity contribution in [2.75, 3.05) is 6.54 Å². The highest BCUT2D eigenvalue weighted by atomic mass is 16.5. The third-order valence-electron chi connectivity index (χ3n) is 2.40. The zero-order valence-corrected chi connectivity index (χ0v) is 8.27. The van der Waals surface area contributed by atoms with Crippen LogP contribution in [0.25, 0.3) is 0 Å². The summed E-state index contributed by atoms with van der Waals surface area (Å²) < 4.78 is 4.96. The number of aliphatic carboxylic acids is 1. The van der Waals surface area contributed by atoms with E-state index in [-0.39, 0.29) is 12.2 Å². The fourth-order valence-corrected chi connectivity index (χ4v) is 1.72. The van der Waals surface area contributed by atoms with Gasteiger partial charge in [-0.2, -0.15) is 4.98 Å². The lowest BCUT2D eigenvalue weighted by Gasteiger charge is -2.04. The number of carbonyl (C=O) groups is 1. The molecule has 0 saturated carbocycles. The molecule has 0 bridgehead atoms. The summed E-state index contributed by atoms with van der Waals surface area (Å²) in [5, 5.41) is 15.4. The van der Waals surface area contributed by atoms with Crippen LogP contribution in [0.1, 0.15) is 24.6 Å². The molecule has 1 aromatic rings. The van der Waals surface area contributed by atoms with Gasteiger partial charge in [-0.25, -0.2) is 0 Å². The number of aromatic nitrogens is 2. The first kappa shape index (κ1) is 10.1. The van der Waals surface area contributed by atoms with Crippen molar-refractivity contribution in [2.45, 2.75) is 31.7 Å². The number of rotatable bonds is 4. The standard InChI is InChI=1S/C9H13N3O3/c13-9(14)5-7-11-8(15-12-7)4-6-2-1-3-10-6/h6,10H,1-5H2,(H,13,14). The maximum atomic E-state index is 10.4. The second-order valence-electron chi connectivity index (χ2n) is 3.67. The molecule has 6 heteroatoms. The van der Waals surface area contributed by atoms with Crippen LogP contribution in [0.3, 0.4) is 0 Å². The summed E-state index contributed by atoms with van der Waals surface area (Å²) in [4.78, 5) is 14.4. The molecule has 6 nitrogen and oxygen atoms in total. The Bertz CT molecular complexity index is 344. The van der Waals surface area contributed by atoms with Gasteiger partial charge in [-0.05, 0) is 19.4 Å². The van der Waals surface area contributed by atoms with Crippen LogP contribution in [0.4, 0.5) is 0 Å². The molecule has 1 aliphatic rings. The molecular formula is C9H13N3O3. The van der Waals surface area contributed by atoms with Crippen molar-refractivity contribution in [3.8, 4) is 0 Å². The predicted molar refractivity (Wildman–Crippen MR) is 50.4 cm³/mol. The van der Waals surface area contributed by atoms with Crippen LogP contribution in [-0.4, -0.2) is 33.8 Å². The van der Waals surface area contributed by atoms with Crippen molar-refractivity contribution < 1.29 is 14.4 Å². The summed E-state index contributed by atoms with van der Waals surface area (Å²) in [6, 6.07) is 0.392. The Morgan fingerprint density at radius 1 is 1.67 bits per heavy atom. The molecule has 0 aliphatic carbocycles. The van der Waals surface area contributed by atoms with E-state index in [1.54, 1.807) is 0 Å². The van der Waals surface area contributed by atoms with Crippen molar-refractivity contribution in [1.29, 1.82) is 0 Å². The second-order valence-corrected chi connectivity index (χ2v) is 3.67. The van der Waals surface area contributed by atoms with Gasteiger partial charge in [-0.1, -0.05) is 5.16 Å². The van der Waals surface area contributed by atoms with Gasteiger partial charge in [-0.15, -0.1) is 0 Å². The van der Waals surface area contributed by atoms with E-state index in [2.05, 4.69) is 15.5 Å². The number of hydrogen-bond donors (Lipinski definition) is 2. The first-order chi connectivity index (χ1) is 7.24. The maximum Gasteiger partial charge on any atom is 0.311 e. The number of carboxylic acid groups (broad SMARTS) is 1. The Labute approximate surface area is 86.7 Å². The van der Waals surface area contributed by atoms with E-state index >= 15 is 0 Å². The molecule has 2 heterocycles. The topological polar surface area (TPSA) is 88.2 Å². The molecule has 1 atom stereocenters. The summed E-state index contributed by atoms with van der Waals surface area (Å²) in [6.07, 6.45) is 2.78. The molecule has 1 fully saturated rings. The van der Waals surface area contributed by atoms with Crippen molar-refractivity contribution in [2.24, 2.45) is 0 Å². The van der Waals surface area contributed by atoms with E-state index in [1.807, 2.05) is 0 Å². The molecule has 0 aromatic carbocycles. The lowest BCUT2D eigenvalue weighted by atomic mass is 10.1. The van der Waals surface area contributed by atoms with E-state index in [4.69, 9.17) is 9.63 Å². The molecular weight excluding hydrogens is 198 g/mol. The number of carboxylic acids is 1. The van der Waals surface area contributed by atoms with E-state index in [9.17, 15) is 4.79 Å². The Morgan fingerprint density at radius 3 is 3.20 bits per heavy atom. The Balaban J connectivity index is 1.91. The van der Waals surface area contributed by atoms with E-state index < -0.39 is 5.97 Å². The minimum absolute atomic E-state index is 0.179. The molecule has 2 rings (SSSR count). The lowest BCUT2D eigenvalue weighted by Crippen LogP contribution is -2.23. The van der Waals surface area contributed by atoms with Crippen LogP contribution in [0.2, 0.25) is 0 Å². The van der Waals surface area contributed by atoms with Gasteiger partial charge in [-0.3, -0.25) is 4.79 Å². The largest absolute Gasteiger partial charge is 0.481 e. The highest BCUT2D eigenvalue weighted by molar-refractivity contribution is 5.68. The molecule has 2 N–H and O–H groups in total. The van der Waals surface area contributed by atoms with Crippen molar-refractivity contribution in [1.82, 2.24) is 15.5 Å². The Morgan fingerprint density at radius 2 is 2.53 bits per heavy atom. The summed E-state index contributed by atoms with van der Waals surface area (Å²) in [6.45, 7) is 1.03. The zero-order valence-electron chi connectivity index (χ0n) is 8.27. The van der Waals surface area contributed by atoms with E-state index in [0.29, 0.717) is 18.4 Å². The fraction of sp³-hybridized carbons (Fsp3) is 0.667. The average molecular weight is 211 g/mol. The van der Waals surface area contributed by atoms with Gasteiger partial charge in [0.2, 0.25) is 5.89 Å². The van der Waals surface area contributed by atoms with Crippen LogP contribution >= 0.6 is 0 Å². The third kappa shape index (κ3) is 2.76. The first-order valence-corrected chi connectivity index (χ1v) is 5.00. The molecule has 0 amide bonds. The van der Waals surface area contributed by atoms with Gasteiger partial charge < -0.3 is 14.9 Å². The molecule has 1 aliphatic heterocycles. The third-order valence-corrected chi connectivity index (χ3v) is 2.40. The highest BCUT2D eigenvalue weighted by Gasteiger charge is 2.18. The number of nitrogens with zero attached hydrogens (tertiary/aromatic N) is 2. The summed E-state index contributed by atoms with van der Waals surface area (Å²) in [7, 11) is 0. The lowest BCUT2D eigenvalue weighted by molar-refractivity contribution is -0.136. The number of hydrogen-bond acceptors (Lipinski definition) is 5. The molecule has 1 saturated heterocycles. The van der Waals surface area contributed by atoms with Crippen LogP contribution in [0.15, 0.2) is 4.52 Å². The van der Waals surface area contributed by atoms with Crippen molar-refractivity contribution in [3.63, 3.8) is 0 Å². The summed E-state index contributed by atoms with van der Waals surface area (Å²) >= 11 is 0. The monoisotopic (exact) mass is 211 g/mol. The minimum atomic E-state index is -0.943. The van der Waals surface area contributed by atoms with Crippen LogP contribution in [0, 0.1) is 0 Å². The van der Waals surface area contributed by atoms with Crippen molar-refractivity contribution in [3.05, 3.63) is 11.7 Å². The van der Waals surface area contributed by atoms with Gasteiger partial charge >= 0.3 is 5.97 Å². The smallest absolute Gasteiger partial charge is 0.311 e. The zero-order chi connectivity index (χ0) is 10.7. The van der Waals surface area contributed by atoms with Crippen LogP contribution in [0.5, 0.6) is 0 Å². The van der Waals surface area contributed by atoms with E-state index in [0.717, 1.165) is 13.0 Å².